The highest BCUT2D eigenvalue weighted by molar-refractivity contribution is 7.58. The summed E-state index contributed by atoms with van der Waals surface area (Å²) in [5.41, 5.74) is 0.635. The van der Waals surface area contributed by atoms with Gasteiger partial charge in [-0.25, -0.2) is 9.46 Å². The van der Waals surface area contributed by atoms with E-state index in [1.54, 1.807) is 48.5 Å². The highest BCUT2D eigenvalue weighted by Crippen LogP contribution is 2.55. The molecule has 1 heterocycles. The summed E-state index contributed by atoms with van der Waals surface area (Å²) in [6, 6.07) is 15.3. The van der Waals surface area contributed by atoms with Crippen molar-refractivity contribution in [3.8, 4) is 5.75 Å². The number of urea groups is 1. The molecule has 0 aliphatic carbocycles. The summed E-state index contributed by atoms with van der Waals surface area (Å²) in [4.78, 5) is 13.8. The third-order valence-electron chi connectivity index (χ3n) is 3.41. The van der Waals surface area contributed by atoms with Crippen LogP contribution < -0.4 is 9.42 Å². The van der Waals surface area contributed by atoms with E-state index in [9.17, 15) is 9.36 Å². The normalized spacial score (nSPS) is 21.3. The number of carbonyl (C=O) groups excluding carboxylic acids is 1. The Balaban J connectivity index is 1.87. The molecule has 1 unspecified atom stereocenters. The van der Waals surface area contributed by atoms with Gasteiger partial charge in [0.2, 0.25) is 0 Å². The molecule has 22 heavy (non-hydrogen) atoms. The van der Waals surface area contributed by atoms with Crippen molar-refractivity contribution in [3.63, 3.8) is 0 Å². The molecule has 0 aromatic heterocycles. The zero-order valence-electron chi connectivity index (χ0n) is 11.8. The molecule has 1 aliphatic rings. The Labute approximate surface area is 133 Å². The van der Waals surface area contributed by atoms with E-state index in [4.69, 9.17) is 16.1 Å². The van der Waals surface area contributed by atoms with Crippen molar-refractivity contribution in [2.24, 2.45) is 0 Å². The Bertz CT molecular complexity index is 736. The quantitative estimate of drug-likeness (QED) is 0.778. The predicted molar refractivity (Wildman–Crippen MR) is 86.6 cm³/mol. The maximum absolute atomic E-state index is 13.0. The molecule has 0 saturated carbocycles. The SMILES string of the molecule is CN1C(=O)N(c2ccc(Cl)cc2)CP1(=O)Oc1ccccc1. The van der Waals surface area contributed by atoms with Gasteiger partial charge in [-0.15, -0.1) is 0 Å². The van der Waals surface area contributed by atoms with Crippen molar-refractivity contribution in [1.82, 2.24) is 4.67 Å². The smallest absolute Gasteiger partial charge is 0.366 e. The van der Waals surface area contributed by atoms with Crippen molar-refractivity contribution < 1.29 is 13.9 Å². The third kappa shape index (κ3) is 2.70. The fourth-order valence-electron chi connectivity index (χ4n) is 2.19. The van der Waals surface area contributed by atoms with Crippen LogP contribution in [0.3, 0.4) is 0 Å². The van der Waals surface area contributed by atoms with E-state index in [1.165, 1.54) is 16.6 Å². The summed E-state index contributed by atoms with van der Waals surface area (Å²) in [6.07, 6.45) is -0.00113. The summed E-state index contributed by atoms with van der Waals surface area (Å²) >= 11 is 5.85. The van der Waals surface area contributed by atoms with Crippen LogP contribution in [-0.2, 0) is 4.57 Å². The van der Waals surface area contributed by atoms with Gasteiger partial charge in [0.25, 0.3) is 0 Å². The zero-order valence-corrected chi connectivity index (χ0v) is 13.5. The minimum absolute atomic E-state index is 0.00113. The lowest BCUT2D eigenvalue weighted by Gasteiger charge is -2.18. The average molecular weight is 337 g/mol. The van der Waals surface area contributed by atoms with Gasteiger partial charge in [-0.2, -0.15) is 0 Å². The largest absolute Gasteiger partial charge is 0.428 e. The Kier molecular flexibility index (Phi) is 3.85. The van der Waals surface area contributed by atoms with Crippen LogP contribution in [0, 0.1) is 0 Å². The summed E-state index contributed by atoms with van der Waals surface area (Å²) in [5, 5.41) is 0.576. The second-order valence-electron chi connectivity index (χ2n) is 4.89. The number of para-hydroxylation sites is 1. The maximum atomic E-state index is 13.0. The number of halogens is 1. The van der Waals surface area contributed by atoms with E-state index in [0.717, 1.165) is 0 Å². The first-order valence-corrected chi connectivity index (χ1v) is 8.79. The zero-order chi connectivity index (χ0) is 15.7. The van der Waals surface area contributed by atoms with E-state index in [0.29, 0.717) is 16.5 Å². The number of nitrogens with zero attached hydrogens (tertiary/aromatic N) is 2. The maximum Gasteiger partial charge on any atom is 0.366 e. The lowest BCUT2D eigenvalue weighted by Crippen LogP contribution is -2.28. The van der Waals surface area contributed by atoms with Gasteiger partial charge < -0.3 is 4.52 Å². The van der Waals surface area contributed by atoms with Crippen molar-refractivity contribution in [1.29, 1.82) is 0 Å². The molecular formula is C15H14ClN2O3P. The number of hydrogen-bond donors (Lipinski definition) is 0. The number of hydrogen-bond acceptors (Lipinski definition) is 3. The minimum Gasteiger partial charge on any atom is -0.428 e. The van der Waals surface area contributed by atoms with Gasteiger partial charge in [-0.1, -0.05) is 29.8 Å². The molecule has 1 aliphatic heterocycles. The monoisotopic (exact) mass is 336 g/mol. The molecule has 0 N–H and O–H groups in total. The molecule has 0 bridgehead atoms. The molecule has 2 aromatic carbocycles. The lowest BCUT2D eigenvalue weighted by molar-refractivity contribution is 0.237. The first kappa shape index (κ1) is 14.9. The second-order valence-corrected chi connectivity index (χ2v) is 7.67. The van der Waals surface area contributed by atoms with E-state index >= 15 is 0 Å². The summed E-state index contributed by atoms with van der Waals surface area (Å²) in [6.45, 7) is 0. The van der Waals surface area contributed by atoms with E-state index in [2.05, 4.69) is 0 Å². The molecule has 0 radical (unpaired) electrons. The van der Waals surface area contributed by atoms with Crippen molar-refractivity contribution in [2.75, 3.05) is 18.2 Å². The Morgan fingerprint density at radius 3 is 2.36 bits per heavy atom. The number of benzene rings is 2. The molecule has 5 nitrogen and oxygen atoms in total. The van der Waals surface area contributed by atoms with Crippen molar-refractivity contribution in [3.05, 3.63) is 59.6 Å². The van der Waals surface area contributed by atoms with Gasteiger partial charge in [0.05, 0.1) is 0 Å². The number of rotatable bonds is 3. The number of carbonyl (C=O) groups is 1. The van der Waals surface area contributed by atoms with E-state index < -0.39 is 7.52 Å². The van der Waals surface area contributed by atoms with Gasteiger partial charge in [0, 0.05) is 17.8 Å². The van der Waals surface area contributed by atoms with Gasteiger partial charge in [0.15, 0.2) is 0 Å². The highest BCUT2D eigenvalue weighted by atomic mass is 35.5. The molecule has 7 heteroatoms. The second kappa shape index (κ2) is 5.67. The topological polar surface area (TPSA) is 49.9 Å². The van der Waals surface area contributed by atoms with Crippen LogP contribution in [0.5, 0.6) is 5.75 Å². The average Bonchev–Trinajstić information content (AvgIpc) is 2.74. The summed E-state index contributed by atoms with van der Waals surface area (Å²) in [7, 11) is -1.81. The Morgan fingerprint density at radius 2 is 1.73 bits per heavy atom. The predicted octanol–water partition coefficient (Wildman–Crippen LogP) is 4.44. The van der Waals surface area contributed by atoms with Crippen LogP contribution in [0.2, 0.25) is 5.02 Å². The van der Waals surface area contributed by atoms with Gasteiger partial charge in [-0.3, -0.25) is 9.46 Å². The van der Waals surface area contributed by atoms with Crippen molar-refractivity contribution in [2.45, 2.75) is 0 Å². The summed E-state index contributed by atoms with van der Waals surface area (Å²) < 4.78 is 19.8. The van der Waals surface area contributed by atoms with Gasteiger partial charge in [-0.05, 0) is 36.4 Å². The summed E-state index contributed by atoms with van der Waals surface area (Å²) in [5.74, 6) is 0.475. The standard InChI is InChI=1S/C15H14ClN2O3P/c1-17-15(19)18(13-9-7-12(16)8-10-13)11-22(17,20)21-14-5-3-2-4-6-14/h2-10H,11H2,1H3. The molecule has 0 spiro atoms. The first-order valence-electron chi connectivity index (χ1n) is 6.64. The van der Waals surface area contributed by atoms with Crippen LogP contribution >= 0.6 is 19.1 Å². The van der Waals surface area contributed by atoms with Crippen molar-refractivity contribution >= 4 is 30.8 Å². The van der Waals surface area contributed by atoms with Crippen LogP contribution in [0.1, 0.15) is 0 Å². The third-order valence-corrected chi connectivity index (χ3v) is 5.89. The minimum atomic E-state index is -3.30. The van der Waals surface area contributed by atoms with Gasteiger partial charge >= 0.3 is 13.6 Å². The molecular weight excluding hydrogens is 323 g/mol. The molecule has 1 saturated heterocycles. The Morgan fingerprint density at radius 1 is 1.09 bits per heavy atom. The van der Waals surface area contributed by atoms with Crippen LogP contribution in [0.4, 0.5) is 10.5 Å². The fraction of sp³-hybridized carbons (Fsp3) is 0.133. The van der Waals surface area contributed by atoms with Crippen LogP contribution in [0.25, 0.3) is 0 Å². The lowest BCUT2D eigenvalue weighted by atomic mass is 10.3. The molecule has 1 atom stereocenters. The molecule has 1 fully saturated rings. The van der Waals surface area contributed by atoms with Gasteiger partial charge in [0.1, 0.15) is 12.0 Å². The molecule has 3 rings (SSSR count). The number of anilines is 1. The first-order chi connectivity index (χ1) is 10.5. The fourth-order valence-corrected chi connectivity index (χ4v) is 4.15. The molecule has 114 valence electrons. The highest BCUT2D eigenvalue weighted by Gasteiger charge is 2.47. The van der Waals surface area contributed by atoms with E-state index in [1.807, 2.05) is 6.07 Å². The number of amides is 2. The van der Waals surface area contributed by atoms with Crippen LogP contribution in [0.15, 0.2) is 54.6 Å². The van der Waals surface area contributed by atoms with Crippen LogP contribution in [-0.4, -0.2) is 24.0 Å². The Hall–Kier alpha value is -1.97. The van der Waals surface area contributed by atoms with E-state index in [-0.39, 0.29) is 12.3 Å². The molecule has 2 amide bonds. The molecule has 2 aromatic rings.